The van der Waals surface area contributed by atoms with Crippen LogP contribution in [0.3, 0.4) is 0 Å². The van der Waals surface area contributed by atoms with Crippen LogP contribution < -0.4 is 5.73 Å². The lowest BCUT2D eigenvalue weighted by Crippen LogP contribution is -2.29. The fourth-order valence-electron chi connectivity index (χ4n) is 2.80. The molecule has 0 aliphatic rings. The third kappa shape index (κ3) is 5.18. The van der Waals surface area contributed by atoms with Crippen LogP contribution in [0.15, 0.2) is 60.7 Å². The average molecular weight is 304 g/mol. The van der Waals surface area contributed by atoms with E-state index in [9.17, 15) is 0 Å². The van der Waals surface area contributed by atoms with E-state index >= 15 is 0 Å². The standard InChI is InChI=1S/C19H25N.ClH/c1-2-3-6-15-18(20)19(16-11-7-4-8-12-16)17-13-9-5-10-14-17;/h4-5,7-14,18-19H,2-3,6,15,20H2,1H3;1H. The molecule has 2 aromatic rings. The van der Waals surface area contributed by atoms with Crippen LogP contribution in [0.5, 0.6) is 0 Å². The van der Waals surface area contributed by atoms with E-state index in [1.807, 2.05) is 0 Å². The Labute approximate surface area is 135 Å². The zero-order valence-electron chi connectivity index (χ0n) is 12.7. The van der Waals surface area contributed by atoms with Crippen LogP contribution in [-0.2, 0) is 0 Å². The molecule has 0 aromatic heterocycles. The Balaban J connectivity index is 0.00000220. The van der Waals surface area contributed by atoms with Crippen LogP contribution in [0.2, 0.25) is 0 Å². The van der Waals surface area contributed by atoms with Crippen LogP contribution in [-0.4, -0.2) is 6.04 Å². The lowest BCUT2D eigenvalue weighted by atomic mass is 9.83. The predicted octanol–water partition coefficient (Wildman–Crippen LogP) is 5.15. The summed E-state index contributed by atoms with van der Waals surface area (Å²) in [5.74, 6) is 0.300. The quantitative estimate of drug-likeness (QED) is 0.703. The van der Waals surface area contributed by atoms with Gasteiger partial charge >= 0.3 is 0 Å². The number of unbranched alkanes of at least 4 members (excludes halogenated alkanes) is 2. The number of rotatable bonds is 7. The Morgan fingerprint density at radius 2 is 1.29 bits per heavy atom. The maximum atomic E-state index is 6.52. The first-order valence-corrected chi connectivity index (χ1v) is 7.68. The molecular weight excluding hydrogens is 278 g/mol. The molecule has 114 valence electrons. The molecule has 0 fully saturated rings. The van der Waals surface area contributed by atoms with Crippen molar-refractivity contribution in [3.05, 3.63) is 71.8 Å². The van der Waals surface area contributed by atoms with Gasteiger partial charge in [0.25, 0.3) is 0 Å². The second-order valence-electron chi connectivity index (χ2n) is 5.46. The van der Waals surface area contributed by atoms with Crippen molar-refractivity contribution in [3.63, 3.8) is 0 Å². The highest BCUT2D eigenvalue weighted by Crippen LogP contribution is 2.29. The molecule has 0 radical (unpaired) electrons. The van der Waals surface area contributed by atoms with Crippen molar-refractivity contribution in [3.8, 4) is 0 Å². The van der Waals surface area contributed by atoms with E-state index in [1.54, 1.807) is 0 Å². The molecule has 1 unspecified atom stereocenters. The smallest absolute Gasteiger partial charge is 0.0241 e. The molecule has 2 heteroatoms. The molecule has 0 saturated heterocycles. The zero-order chi connectivity index (χ0) is 14.2. The monoisotopic (exact) mass is 303 g/mol. The van der Waals surface area contributed by atoms with Gasteiger partial charge in [0, 0.05) is 12.0 Å². The molecule has 0 amide bonds. The van der Waals surface area contributed by atoms with Crippen molar-refractivity contribution in [1.29, 1.82) is 0 Å². The molecule has 21 heavy (non-hydrogen) atoms. The fraction of sp³-hybridized carbons (Fsp3) is 0.368. The van der Waals surface area contributed by atoms with Crippen molar-refractivity contribution in [2.45, 2.75) is 44.6 Å². The van der Waals surface area contributed by atoms with E-state index in [4.69, 9.17) is 5.73 Å². The number of nitrogens with two attached hydrogens (primary N) is 1. The van der Waals surface area contributed by atoms with Crippen LogP contribution >= 0.6 is 12.4 Å². The highest BCUT2D eigenvalue weighted by Gasteiger charge is 2.21. The Hall–Kier alpha value is -1.31. The van der Waals surface area contributed by atoms with Crippen molar-refractivity contribution in [2.24, 2.45) is 5.73 Å². The minimum absolute atomic E-state index is 0. The molecule has 0 spiro atoms. The molecule has 0 aliphatic carbocycles. The average Bonchev–Trinajstić information content (AvgIpc) is 2.50. The van der Waals surface area contributed by atoms with Gasteiger partial charge in [0.1, 0.15) is 0 Å². The fourth-order valence-corrected chi connectivity index (χ4v) is 2.80. The summed E-state index contributed by atoms with van der Waals surface area (Å²) >= 11 is 0. The summed E-state index contributed by atoms with van der Waals surface area (Å²) in [5, 5.41) is 0. The first kappa shape index (κ1) is 17.7. The summed E-state index contributed by atoms with van der Waals surface area (Å²) in [6.45, 7) is 2.23. The lowest BCUT2D eigenvalue weighted by molar-refractivity contribution is 0.515. The van der Waals surface area contributed by atoms with Gasteiger partial charge in [0.15, 0.2) is 0 Å². The van der Waals surface area contributed by atoms with Gasteiger partial charge in [-0.25, -0.2) is 0 Å². The van der Waals surface area contributed by atoms with Crippen LogP contribution in [0.4, 0.5) is 0 Å². The number of hydrogen-bond donors (Lipinski definition) is 1. The van der Waals surface area contributed by atoms with Crippen molar-refractivity contribution in [1.82, 2.24) is 0 Å². The van der Waals surface area contributed by atoms with E-state index in [-0.39, 0.29) is 18.4 Å². The highest BCUT2D eigenvalue weighted by molar-refractivity contribution is 5.85. The maximum Gasteiger partial charge on any atom is 0.0241 e. The van der Waals surface area contributed by atoms with Crippen molar-refractivity contribution in [2.75, 3.05) is 0 Å². The summed E-state index contributed by atoms with van der Waals surface area (Å²) < 4.78 is 0. The topological polar surface area (TPSA) is 26.0 Å². The predicted molar refractivity (Wildman–Crippen MR) is 94.1 cm³/mol. The maximum absolute atomic E-state index is 6.52. The van der Waals surface area contributed by atoms with Gasteiger partial charge in [-0.05, 0) is 17.5 Å². The molecule has 0 aliphatic heterocycles. The largest absolute Gasteiger partial charge is 0.327 e. The molecule has 0 bridgehead atoms. The van der Waals surface area contributed by atoms with E-state index in [1.165, 1.54) is 30.4 Å². The number of benzene rings is 2. The van der Waals surface area contributed by atoms with Gasteiger partial charge < -0.3 is 5.73 Å². The molecule has 2 aromatic carbocycles. The van der Waals surface area contributed by atoms with Crippen molar-refractivity contribution >= 4 is 12.4 Å². The SMILES string of the molecule is CCCCCC(N)C(c1ccccc1)c1ccccc1.Cl. The summed E-state index contributed by atoms with van der Waals surface area (Å²) in [7, 11) is 0. The molecule has 2 N–H and O–H groups in total. The van der Waals surface area contributed by atoms with E-state index in [0.29, 0.717) is 5.92 Å². The second kappa shape index (κ2) is 9.59. The van der Waals surface area contributed by atoms with Crippen LogP contribution in [0, 0.1) is 0 Å². The Morgan fingerprint density at radius 1 is 0.810 bits per heavy atom. The molecule has 2 rings (SSSR count). The second-order valence-corrected chi connectivity index (χ2v) is 5.46. The van der Waals surface area contributed by atoms with E-state index < -0.39 is 0 Å². The number of halogens is 1. The molecule has 1 nitrogen and oxygen atoms in total. The lowest BCUT2D eigenvalue weighted by Gasteiger charge is -2.25. The summed E-state index contributed by atoms with van der Waals surface area (Å²) in [5.41, 5.74) is 9.17. The Morgan fingerprint density at radius 3 is 1.71 bits per heavy atom. The third-order valence-corrected chi connectivity index (χ3v) is 3.89. The summed E-state index contributed by atoms with van der Waals surface area (Å²) in [6, 6.07) is 21.5. The summed E-state index contributed by atoms with van der Waals surface area (Å²) in [4.78, 5) is 0. The minimum Gasteiger partial charge on any atom is -0.327 e. The van der Waals surface area contributed by atoms with Gasteiger partial charge in [-0.1, -0.05) is 86.8 Å². The molecule has 0 heterocycles. The molecule has 0 saturated carbocycles. The van der Waals surface area contributed by atoms with Gasteiger partial charge in [-0.15, -0.1) is 12.4 Å². The Bertz CT molecular complexity index is 444. The van der Waals surface area contributed by atoms with E-state index in [2.05, 4.69) is 67.6 Å². The Kier molecular flexibility index (Phi) is 8.11. The first-order valence-electron chi connectivity index (χ1n) is 7.68. The number of hydrogen-bond acceptors (Lipinski definition) is 1. The molecular formula is C19H26ClN. The summed E-state index contributed by atoms with van der Waals surface area (Å²) in [6.07, 6.45) is 4.81. The normalized spacial score (nSPS) is 12.0. The van der Waals surface area contributed by atoms with Gasteiger partial charge in [-0.2, -0.15) is 0 Å². The van der Waals surface area contributed by atoms with Gasteiger partial charge in [0.2, 0.25) is 0 Å². The first-order chi connectivity index (χ1) is 9.83. The highest BCUT2D eigenvalue weighted by atomic mass is 35.5. The minimum atomic E-state index is 0. The van der Waals surface area contributed by atoms with E-state index in [0.717, 1.165) is 6.42 Å². The van der Waals surface area contributed by atoms with Crippen molar-refractivity contribution < 1.29 is 0 Å². The van der Waals surface area contributed by atoms with Gasteiger partial charge in [-0.3, -0.25) is 0 Å². The molecule has 1 atom stereocenters. The zero-order valence-corrected chi connectivity index (χ0v) is 13.6. The third-order valence-electron chi connectivity index (χ3n) is 3.89. The van der Waals surface area contributed by atoms with Crippen LogP contribution in [0.25, 0.3) is 0 Å². The van der Waals surface area contributed by atoms with Crippen LogP contribution in [0.1, 0.15) is 49.7 Å². The van der Waals surface area contributed by atoms with Gasteiger partial charge in [0.05, 0.1) is 0 Å².